The summed E-state index contributed by atoms with van der Waals surface area (Å²) in [7, 11) is 1.64. The van der Waals surface area contributed by atoms with Crippen molar-refractivity contribution in [1.82, 2.24) is 14.7 Å². The number of piperidine rings is 1. The van der Waals surface area contributed by atoms with Gasteiger partial charge in [0.1, 0.15) is 17.6 Å². The molecule has 3 heterocycles. The Bertz CT molecular complexity index is 795. The summed E-state index contributed by atoms with van der Waals surface area (Å²) >= 11 is 0. The topological polar surface area (TPSA) is 71.6 Å². The largest absolute Gasteiger partial charge is 0.497 e. The maximum atomic E-state index is 13.1. The Hall–Kier alpha value is -2.32. The molecule has 3 aliphatic heterocycles. The molecule has 8 nitrogen and oxygen atoms in total. The summed E-state index contributed by atoms with van der Waals surface area (Å²) in [6.45, 7) is 7.42. The van der Waals surface area contributed by atoms with E-state index >= 15 is 0 Å². The van der Waals surface area contributed by atoms with Crippen LogP contribution in [0.25, 0.3) is 0 Å². The van der Waals surface area contributed by atoms with Gasteiger partial charge in [0.15, 0.2) is 0 Å². The molecule has 0 spiro atoms. The Morgan fingerprint density at radius 2 is 1.94 bits per heavy atom. The molecule has 2 saturated heterocycles. The summed E-state index contributed by atoms with van der Waals surface area (Å²) in [6, 6.07) is 5.83. The number of carbonyl (C=O) groups is 2. The number of likely N-dealkylation sites (tertiary alicyclic amines) is 1. The molecule has 0 N–H and O–H groups in total. The van der Waals surface area contributed by atoms with E-state index in [1.54, 1.807) is 7.11 Å². The van der Waals surface area contributed by atoms with E-state index in [0.717, 1.165) is 36.4 Å². The molecular weight excluding hydrogens is 398 g/mol. The van der Waals surface area contributed by atoms with Crippen LogP contribution in [0.1, 0.15) is 25.3 Å². The highest BCUT2D eigenvalue weighted by atomic mass is 16.5. The molecule has 4 rings (SSSR count). The molecule has 2 unspecified atom stereocenters. The molecule has 1 aromatic rings. The molecule has 0 bridgehead atoms. The van der Waals surface area contributed by atoms with E-state index in [1.165, 1.54) is 0 Å². The van der Waals surface area contributed by atoms with Gasteiger partial charge in [-0.1, -0.05) is 6.07 Å². The minimum Gasteiger partial charge on any atom is -0.497 e. The third-order valence-electron chi connectivity index (χ3n) is 6.32. The monoisotopic (exact) mass is 431 g/mol. The maximum Gasteiger partial charge on any atom is 0.236 e. The Morgan fingerprint density at radius 1 is 1.13 bits per heavy atom. The van der Waals surface area contributed by atoms with E-state index in [-0.39, 0.29) is 23.8 Å². The number of ether oxygens (including phenoxy) is 3. The first-order valence-corrected chi connectivity index (χ1v) is 11.2. The van der Waals surface area contributed by atoms with E-state index in [4.69, 9.17) is 14.2 Å². The lowest BCUT2D eigenvalue weighted by Crippen LogP contribution is -2.51. The maximum absolute atomic E-state index is 13.1. The number of benzene rings is 1. The van der Waals surface area contributed by atoms with Crippen LogP contribution >= 0.6 is 0 Å². The lowest BCUT2D eigenvalue weighted by molar-refractivity contribution is -0.144. The number of methoxy groups -OCH3 is 1. The molecule has 0 aliphatic carbocycles. The zero-order chi connectivity index (χ0) is 21.8. The molecule has 1 aromatic carbocycles. The second-order valence-electron chi connectivity index (χ2n) is 8.69. The standard InChI is InChI=1S/C23H33N3O5/c1-17-13-24(14-18-5-6-20(29-2)12-21(18)31-17)16-22(27)26-7-3-4-19(15-26)23(28)25-8-10-30-11-9-25/h5-6,12,17,19H,3-4,7-11,13-16H2,1-2H3. The molecule has 2 atom stereocenters. The molecule has 2 fully saturated rings. The average molecular weight is 432 g/mol. The number of hydrogen-bond donors (Lipinski definition) is 0. The van der Waals surface area contributed by atoms with Crippen LogP contribution in [0.15, 0.2) is 18.2 Å². The molecule has 0 saturated carbocycles. The van der Waals surface area contributed by atoms with Crippen molar-refractivity contribution in [2.24, 2.45) is 5.92 Å². The molecule has 2 amide bonds. The van der Waals surface area contributed by atoms with Crippen molar-refractivity contribution in [2.45, 2.75) is 32.4 Å². The van der Waals surface area contributed by atoms with Crippen molar-refractivity contribution < 1.29 is 23.8 Å². The highest BCUT2D eigenvalue weighted by molar-refractivity contribution is 5.82. The number of hydrogen-bond acceptors (Lipinski definition) is 6. The molecule has 31 heavy (non-hydrogen) atoms. The van der Waals surface area contributed by atoms with Crippen molar-refractivity contribution in [2.75, 3.05) is 59.6 Å². The summed E-state index contributed by atoms with van der Waals surface area (Å²) in [5.41, 5.74) is 1.05. The van der Waals surface area contributed by atoms with Gasteiger partial charge in [-0.25, -0.2) is 0 Å². The molecule has 0 radical (unpaired) electrons. The van der Waals surface area contributed by atoms with Crippen molar-refractivity contribution in [1.29, 1.82) is 0 Å². The average Bonchev–Trinajstić information content (AvgIpc) is 2.95. The zero-order valence-electron chi connectivity index (χ0n) is 18.5. The van der Waals surface area contributed by atoms with Crippen LogP contribution in [0, 0.1) is 5.92 Å². The van der Waals surface area contributed by atoms with Crippen molar-refractivity contribution in [3.63, 3.8) is 0 Å². The second kappa shape index (κ2) is 9.87. The van der Waals surface area contributed by atoms with Gasteiger partial charge in [0.25, 0.3) is 0 Å². The molecule has 0 aromatic heterocycles. The minimum atomic E-state index is -0.101. The van der Waals surface area contributed by atoms with Crippen LogP contribution in [0.4, 0.5) is 0 Å². The van der Waals surface area contributed by atoms with E-state index in [0.29, 0.717) is 52.5 Å². The van der Waals surface area contributed by atoms with Gasteiger partial charge in [-0.05, 0) is 25.8 Å². The Kier molecular flexibility index (Phi) is 6.97. The van der Waals surface area contributed by atoms with E-state index in [9.17, 15) is 9.59 Å². The molecule has 3 aliphatic rings. The highest BCUT2D eigenvalue weighted by Gasteiger charge is 2.33. The second-order valence-corrected chi connectivity index (χ2v) is 8.69. The summed E-state index contributed by atoms with van der Waals surface area (Å²) < 4.78 is 16.7. The molecular formula is C23H33N3O5. The normalized spacial score (nSPS) is 24.7. The van der Waals surface area contributed by atoms with Gasteiger partial charge >= 0.3 is 0 Å². The van der Waals surface area contributed by atoms with Crippen LogP contribution in [0.2, 0.25) is 0 Å². The van der Waals surface area contributed by atoms with Gasteiger partial charge < -0.3 is 24.0 Å². The van der Waals surface area contributed by atoms with Crippen LogP contribution in [-0.4, -0.2) is 92.2 Å². The SMILES string of the molecule is COc1ccc2c(c1)OC(C)CN(CC(=O)N1CCCC(C(=O)N3CCOCC3)C1)C2. The van der Waals surface area contributed by atoms with Crippen LogP contribution < -0.4 is 9.47 Å². The van der Waals surface area contributed by atoms with Gasteiger partial charge in [0, 0.05) is 50.9 Å². The fourth-order valence-electron chi connectivity index (χ4n) is 4.68. The number of rotatable bonds is 4. The number of amides is 2. The quantitative estimate of drug-likeness (QED) is 0.717. The molecule has 170 valence electrons. The third-order valence-corrected chi connectivity index (χ3v) is 6.32. The Labute approximate surface area is 184 Å². The number of morpholine rings is 1. The lowest BCUT2D eigenvalue weighted by atomic mass is 9.96. The van der Waals surface area contributed by atoms with E-state index in [1.807, 2.05) is 34.9 Å². The highest BCUT2D eigenvalue weighted by Crippen LogP contribution is 2.29. The number of fused-ring (bicyclic) bond motifs is 1. The number of nitrogens with zero attached hydrogens (tertiary/aromatic N) is 3. The minimum absolute atomic E-state index is 0.0295. The van der Waals surface area contributed by atoms with Gasteiger partial charge in [-0.3, -0.25) is 14.5 Å². The fourth-order valence-corrected chi connectivity index (χ4v) is 4.68. The van der Waals surface area contributed by atoms with Crippen molar-refractivity contribution in [3.05, 3.63) is 23.8 Å². The first-order valence-electron chi connectivity index (χ1n) is 11.2. The molecule has 8 heteroatoms. The summed E-state index contributed by atoms with van der Waals surface area (Å²) in [6.07, 6.45) is 1.69. The van der Waals surface area contributed by atoms with Gasteiger partial charge in [0.2, 0.25) is 11.8 Å². The van der Waals surface area contributed by atoms with Crippen molar-refractivity contribution >= 4 is 11.8 Å². The van der Waals surface area contributed by atoms with Crippen molar-refractivity contribution in [3.8, 4) is 11.5 Å². The third kappa shape index (κ3) is 5.30. The lowest BCUT2D eigenvalue weighted by Gasteiger charge is -2.37. The van der Waals surface area contributed by atoms with Crippen LogP contribution in [0.5, 0.6) is 11.5 Å². The van der Waals surface area contributed by atoms with E-state index < -0.39 is 0 Å². The summed E-state index contributed by atoms with van der Waals surface area (Å²) in [4.78, 5) is 31.9. The summed E-state index contributed by atoms with van der Waals surface area (Å²) in [5, 5.41) is 0. The number of carbonyl (C=O) groups excluding carboxylic acids is 2. The fraction of sp³-hybridized carbons (Fsp3) is 0.652. The van der Waals surface area contributed by atoms with Gasteiger partial charge in [-0.15, -0.1) is 0 Å². The Balaban J connectivity index is 1.37. The van der Waals surface area contributed by atoms with Gasteiger partial charge in [-0.2, -0.15) is 0 Å². The summed E-state index contributed by atoms with van der Waals surface area (Å²) in [5.74, 6) is 1.73. The van der Waals surface area contributed by atoms with Gasteiger partial charge in [0.05, 0.1) is 32.8 Å². The van der Waals surface area contributed by atoms with E-state index in [2.05, 4.69) is 4.90 Å². The predicted octanol–water partition coefficient (Wildman–Crippen LogP) is 1.38. The smallest absolute Gasteiger partial charge is 0.236 e. The van der Waals surface area contributed by atoms with Crippen LogP contribution in [-0.2, 0) is 20.9 Å². The zero-order valence-corrected chi connectivity index (χ0v) is 18.5. The first kappa shape index (κ1) is 21.9. The first-order chi connectivity index (χ1) is 15.0. The van der Waals surface area contributed by atoms with Crippen LogP contribution in [0.3, 0.4) is 0 Å². The predicted molar refractivity (Wildman–Crippen MR) is 115 cm³/mol. The Morgan fingerprint density at radius 3 is 2.71 bits per heavy atom.